The molecular formula is C12H17NO7. The van der Waals surface area contributed by atoms with E-state index in [4.69, 9.17) is 19.8 Å². The Morgan fingerprint density at radius 3 is 2.45 bits per heavy atom. The largest absolute Gasteiger partial charge is 0.394 e. The van der Waals surface area contributed by atoms with Gasteiger partial charge in [0.2, 0.25) is 0 Å². The van der Waals surface area contributed by atoms with Crippen LogP contribution in [0, 0.1) is 11.3 Å². The lowest BCUT2D eigenvalue weighted by molar-refractivity contribution is -0.315. The number of nitrogens with zero attached hydrogens (tertiary/aromatic N) is 1. The number of nitriles is 1. The number of ether oxygens (including phenoxy) is 2. The Kier molecular flexibility index (Phi) is 4.41. The standard InChI is InChI=1S/C12H17NO7/c13-5-12(2-1-6(15)3-12)20-11-10(18)9(17)8(16)7(4-14)19-11/h1-2,6-11,14-18H,3-4H2. The van der Waals surface area contributed by atoms with Crippen molar-refractivity contribution in [3.63, 3.8) is 0 Å². The van der Waals surface area contributed by atoms with E-state index in [-0.39, 0.29) is 6.42 Å². The highest BCUT2D eigenvalue weighted by Gasteiger charge is 2.48. The van der Waals surface area contributed by atoms with Crippen molar-refractivity contribution in [3.8, 4) is 6.07 Å². The topological polar surface area (TPSA) is 143 Å². The van der Waals surface area contributed by atoms with Gasteiger partial charge >= 0.3 is 0 Å². The van der Waals surface area contributed by atoms with E-state index in [2.05, 4.69) is 0 Å². The second-order valence-corrected chi connectivity index (χ2v) is 4.95. The van der Waals surface area contributed by atoms with Crippen molar-refractivity contribution in [1.82, 2.24) is 0 Å². The lowest BCUT2D eigenvalue weighted by Crippen LogP contribution is -2.60. The van der Waals surface area contributed by atoms with Crippen molar-refractivity contribution in [1.29, 1.82) is 5.26 Å². The summed E-state index contributed by atoms with van der Waals surface area (Å²) >= 11 is 0. The van der Waals surface area contributed by atoms with Crippen molar-refractivity contribution >= 4 is 0 Å². The zero-order valence-electron chi connectivity index (χ0n) is 10.5. The molecule has 0 amide bonds. The molecule has 2 aliphatic rings. The molecule has 8 heteroatoms. The summed E-state index contributed by atoms with van der Waals surface area (Å²) in [5, 5.41) is 56.7. The number of aliphatic hydroxyl groups excluding tert-OH is 5. The van der Waals surface area contributed by atoms with E-state index >= 15 is 0 Å². The van der Waals surface area contributed by atoms with Crippen LogP contribution in [0.25, 0.3) is 0 Å². The van der Waals surface area contributed by atoms with E-state index in [1.165, 1.54) is 12.2 Å². The minimum Gasteiger partial charge on any atom is -0.394 e. The van der Waals surface area contributed by atoms with E-state index in [9.17, 15) is 20.4 Å². The minimum atomic E-state index is -1.58. The van der Waals surface area contributed by atoms with Gasteiger partial charge in [0.25, 0.3) is 0 Å². The molecule has 0 aromatic rings. The molecular weight excluding hydrogens is 270 g/mol. The monoisotopic (exact) mass is 287 g/mol. The van der Waals surface area contributed by atoms with Crippen molar-refractivity contribution in [2.45, 2.75) is 48.8 Å². The average molecular weight is 287 g/mol. The van der Waals surface area contributed by atoms with Crippen LogP contribution in [0.1, 0.15) is 6.42 Å². The summed E-state index contributed by atoms with van der Waals surface area (Å²) in [6, 6.07) is 1.87. The van der Waals surface area contributed by atoms with Crippen LogP contribution in [0.5, 0.6) is 0 Å². The van der Waals surface area contributed by atoms with E-state index < -0.39 is 49.0 Å². The van der Waals surface area contributed by atoms with Crippen LogP contribution in [0.2, 0.25) is 0 Å². The maximum atomic E-state index is 9.82. The van der Waals surface area contributed by atoms with Gasteiger partial charge in [-0.2, -0.15) is 5.26 Å². The smallest absolute Gasteiger partial charge is 0.189 e. The van der Waals surface area contributed by atoms with Gasteiger partial charge in [-0.15, -0.1) is 0 Å². The third-order valence-corrected chi connectivity index (χ3v) is 3.46. The fraction of sp³-hybridized carbons (Fsp3) is 0.750. The Morgan fingerprint density at radius 1 is 1.25 bits per heavy atom. The Bertz CT molecular complexity index is 421. The molecule has 0 radical (unpaired) electrons. The van der Waals surface area contributed by atoms with Gasteiger partial charge in [-0.25, -0.2) is 0 Å². The number of aliphatic hydroxyl groups is 5. The fourth-order valence-electron chi connectivity index (χ4n) is 2.28. The van der Waals surface area contributed by atoms with E-state index in [0.717, 1.165) is 0 Å². The predicted octanol–water partition coefficient (Wildman–Crippen LogP) is -2.61. The highest BCUT2D eigenvalue weighted by Crippen LogP contribution is 2.32. The van der Waals surface area contributed by atoms with Gasteiger partial charge in [0, 0.05) is 6.42 Å². The highest BCUT2D eigenvalue weighted by atomic mass is 16.7. The first kappa shape index (κ1) is 15.3. The predicted molar refractivity (Wildman–Crippen MR) is 63.0 cm³/mol. The number of rotatable bonds is 3. The lowest BCUT2D eigenvalue weighted by atomic mass is 9.98. The number of hydrogen-bond acceptors (Lipinski definition) is 8. The molecule has 1 aliphatic heterocycles. The SMILES string of the molecule is N#CC1(OC2OC(CO)C(O)C(O)C2O)C=CC(O)C1. The van der Waals surface area contributed by atoms with Crippen molar-refractivity contribution in [2.75, 3.05) is 6.61 Å². The van der Waals surface area contributed by atoms with Crippen molar-refractivity contribution in [2.24, 2.45) is 0 Å². The molecule has 0 bridgehead atoms. The molecule has 1 saturated heterocycles. The summed E-state index contributed by atoms with van der Waals surface area (Å²) in [4.78, 5) is 0. The summed E-state index contributed by atoms with van der Waals surface area (Å²) < 4.78 is 10.5. The van der Waals surface area contributed by atoms with Gasteiger partial charge in [-0.05, 0) is 6.08 Å². The molecule has 2 rings (SSSR count). The fourth-order valence-corrected chi connectivity index (χ4v) is 2.28. The first-order chi connectivity index (χ1) is 9.42. The maximum absolute atomic E-state index is 9.82. The Morgan fingerprint density at radius 2 is 1.95 bits per heavy atom. The second kappa shape index (κ2) is 5.75. The van der Waals surface area contributed by atoms with Gasteiger partial charge in [-0.3, -0.25) is 0 Å². The normalized spacial score (nSPS) is 48.2. The molecule has 0 spiro atoms. The summed E-state index contributed by atoms with van der Waals surface area (Å²) in [5.41, 5.74) is -1.48. The third kappa shape index (κ3) is 2.70. The van der Waals surface area contributed by atoms with E-state index in [0.29, 0.717) is 0 Å². The van der Waals surface area contributed by atoms with Gasteiger partial charge in [-0.1, -0.05) is 6.08 Å². The zero-order valence-corrected chi connectivity index (χ0v) is 10.5. The molecule has 8 nitrogen and oxygen atoms in total. The third-order valence-electron chi connectivity index (χ3n) is 3.46. The van der Waals surface area contributed by atoms with Gasteiger partial charge in [0.1, 0.15) is 30.5 Å². The Hall–Kier alpha value is -1.05. The van der Waals surface area contributed by atoms with Gasteiger partial charge in [0.15, 0.2) is 11.9 Å². The highest BCUT2D eigenvalue weighted by molar-refractivity contribution is 5.24. The van der Waals surface area contributed by atoms with E-state index in [1.807, 2.05) is 6.07 Å². The van der Waals surface area contributed by atoms with E-state index in [1.54, 1.807) is 0 Å². The molecule has 112 valence electrons. The molecule has 0 aromatic heterocycles. The zero-order chi connectivity index (χ0) is 14.9. The van der Waals surface area contributed by atoms with Crippen LogP contribution in [-0.2, 0) is 9.47 Å². The quantitative estimate of drug-likeness (QED) is 0.355. The van der Waals surface area contributed by atoms with Crippen LogP contribution in [-0.4, -0.2) is 74.6 Å². The minimum absolute atomic E-state index is 0.0292. The molecule has 7 unspecified atom stereocenters. The van der Waals surface area contributed by atoms with Crippen LogP contribution in [0.4, 0.5) is 0 Å². The molecule has 7 atom stereocenters. The molecule has 0 aromatic carbocycles. The molecule has 5 N–H and O–H groups in total. The summed E-state index contributed by atoms with van der Waals surface area (Å²) in [6.45, 7) is -0.581. The molecule has 1 fully saturated rings. The van der Waals surface area contributed by atoms with Crippen LogP contribution >= 0.6 is 0 Å². The summed E-state index contributed by atoms with van der Waals surface area (Å²) in [5.74, 6) is 0. The van der Waals surface area contributed by atoms with Crippen LogP contribution in [0.15, 0.2) is 12.2 Å². The molecule has 1 heterocycles. The second-order valence-electron chi connectivity index (χ2n) is 4.95. The van der Waals surface area contributed by atoms with Crippen LogP contribution in [0.3, 0.4) is 0 Å². The van der Waals surface area contributed by atoms with Crippen molar-refractivity contribution < 1.29 is 35.0 Å². The molecule has 0 saturated carbocycles. The average Bonchev–Trinajstić information content (AvgIpc) is 2.81. The summed E-state index contributed by atoms with van der Waals surface area (Å²) in [6.07, 6.45) is -5.30. The first-order valence-electron chi connectivity index (χ1n) is 6.19. The Labute approximate surface area is 115 Å². The lowest BCUT2D eigenvalue weighted by Gasteiger charge is -2.41. The van der Waals surface area contributed by atoms with Crippen LogP contribution < -0.4 is 0 Å². The molecule has 20 heavy (non-hydrogen) atoms. The van der Waals surface area contributed by atoms with Gasteiger partial charge in [0.05, 0.1) is 12.7 Å². The Balaban J connectivity index is 2.12. The maximum Gasteiger partial charge on any atom is 0.189 e. The first-order valence-corrected chi connectivity index (χ1v) is 6.19. The van der Waals surface area contributed by atoms with Gasteiger partial charge < -0.3 is 35.0 Å². The molecule has 1 aliphatic carbocycles. The summed E-state index contributed by atoms with van der Waals surface area (Å²) in [7, 11) is 0. The number of hydrogen-bond donors (Lipinski definition) is 5. The van der Waals surface area contributed by atoms with Crippen molar-refractivity contribution in [3.05, 3.63) is 12.2 Å².